The van der Waals surface area contributed by atoms with Gasteiger partial charge in [-0.05, 0) is 48.6 Å². The SMILES string of the molecule is Cc1ccccc1CC(=O)c1ccc(CCCCCS)cc1. The van der Waals surface area contributed by atoms with Gasteiger partial charge in [0.1, 0.15) is 0 Å². The van der Waals surface area contributed by atoms with Gasteiger partial charge < -0.3 is 0 Å². The van der Waals surface area contributed by atoms with E-state index in [1.54, 1.807) is 0 Å². The van der Waals surface area contributed by atoms with E-state index in [1.165, 1.54) is 30.4 Å². The number of rotatable bonds is 8. The van der Waals surface area contributed by atoms with Crippen molar-refractivity contribution in [2.75, 3.05) is 5.75 Å². The maximum absolute atomic E-state index is 12.4. The number of carbonyl (C=O) groups excluding carboxylic acids is 1. The minimum Gasteiger partial charge on any atom is -0.294 e. The minimum atomic E-state index is 0.191. The van der Waals surface area contributed by atoms with Crippen molar-refractivity contribution in [3.8, 4) is 0 Å². The van der Waals surface area contributed by atoms with E-state index in [9.17, 15) is 4.79 Å². The summed E-state index contributed by atoms with van der Waals surface area (Å²) >= 11 is 4.23. The van der Waals surface area contributed by atoms with Crippen LogP contribution in [0.1, 0.15) is 46.3 Å². The number of ketones is 1. The van der Waals surface area contributed by atoms with Crippen LogP contribution in [0.15, 0.2) is 48.5 Å². The van der Waals surface area contributed by atoms with Gasteiger partial charge in [-0.1, -0.05) is 55.0 Å². The monoisotopic (exact) mass is 312 g/mol. The second-order valence-corrected chi connectivity index (χ2v) is 6.20. The molecule has 0 bridgehead atoms. The molecule has 0 fully saturated rings. The van der Waals surface area contributed by atoms with Gasteiger partial charge in [-0.2, -0.15) is 12.6 Å². The molecule has 0 spiro atoms. The maximum atomic E-state index is 12.4. The Morgan fingerprint density at radius 3 is 2.36 bits per heavy atom. The number of hydrogen-bond donors (Lipinski definition) is 1. The summed E-state index contributed by atoms with van der Waals surface area (Å²) in [6.07, 6.45) is 5.15. The van der Waals surface area contributed by atoms with Crippen molar-refractivity contribution in [2.45, 2.75) is 39.0 Å². The highest BCUT2D eigenvalue weighted by Gasteiger charge is 2.08. The fourth-order valence-electron chi connectivity index (χ4n) is 2.56. The number of benzene rings is 2. The number of aryl methyl sites for hydroxylation is 2. The molecule has 0 aliphatic rings. The topological polar surface area (TPSA) is 17.1 Å². The predicted molar refractivity (Wildman–Crippen MR) is 97.1 cm³/mol. The summed E-state index contributed by atoms with van der Waals surface area (Å²) in [7, 11) is 0. The van der Waals surface area contributed by atoms with E-state index in [2.05, 4.69) is 37.8 Å². The predicted octanol–water partition coefficient (Wildman–Crippen LogP) is 5.06. The molecular formula is C20H24OS. The van der Waals surface area contributed by atoms with Gasteiger partial charge in [0.15, 0.2) is 5.78 Å². The first-order valence-corrected chi connectivity index (χ1v) is 8.61. The molecule has 0 aromatic heterocycles. The zero-order valence-electron chi connectivity index (χ0n) is 13.2. The first-order chi connectivity index (χ1) is 10.7. The number of thiol groups is 1. The summed E-state index contributed by atoms with van der Waals surface area (Å²) in [6.45, 7) is 2.05. The minimum absolute atomic E-state index is 0.191. The van der Waals surface area contributed by atoms with Gasteiger partial charge in [-0.15, -0.1) is 0 Å². The number of carbonyl (C=O) groups is 1. The Kier molecular flexibility index (Phi) is 6.73. The molecule has 2 rings (SSSR count). The Morgan fingerprint density at radius 2 is 1.68 bits per heavy atom. The Morgan fingerprint density at radius 1 is 0.955 bits per heavy atom. The van der Waals surface area contributed by atoms with Crippen LogP contribution in [0.4, 0.5) is 0 Å². The molecule has 2 aromatic rings. The lowest BCUT2D eigenvalue weighted by molar-refractivity contribution is 0.0993. The molecule has 0 saturated heterocycles. The van der Waals surface area contributed by atoms with Crippen LogP contribution in [0.5, 0.6) is 0 Å². The van der Waals surface area contributed by atoms with Gasteiger partial charge in [0.25, 0.3) is 0 Å². The average Bonchev–Trinajstić information content (AvgIpc) is 2.54. The van der Waals surface area contributed by atoms with E-state index < -0.39 is 0 Å². The molecule has 0 N–H and O–H groups in total. The number of unbranched alkanes of at least 4 members (excludes halogenated alkanes) is 2. The highest BCUT2D eigenvalue weighted by Crippen LogP contribution is 2.14. The Hall–Kier alpha value is -1.54. The Labute approximate surface area is 139 Å². The summed E-state index contributed by atoms with van der Waals surface area (Å²) in [6, 6.07) is 16.2. The third-order valence-electron chi connectivity index (χ3n) is 4.01. The molecule has 0 radical (unpaired) electrons. The van der Waals surface area contributed by atoms with Crippen molar-refractivity contribution >= 4 is 18.4 Å². The zero-order valence-corrected chi connectivity index (χ0v) is 14.1. The molecule has 0 heterocycles. The van der Waals surface area contributed by atoms with Gasteiger partial charge in [-0.3, -0.25) is 4.79 Å². The molecule has 22 heavy (non-hydrogen) atoms. The van der Waals surface area contributed by atoms with Crippen LogP contribution < -0.4 is 0 Å². The second-order valence-electron chi connectivity index (χ2n) is 5.76. The molecule has 0 atom stereocenters. The molecule has 2 aromatic carbocycles. The molecule has 2 heteroatoms. The number of Topliss-reactive ketones (excluding diaryl/α,β-unsaturated/α-hetero) is 1. The van der Waals surface area contributed by atoms with Crippen LogP contribution in [0.3, 0.4) is 0 Å². The molecule has 0 amide bonds. The molecule has 1 nitrogen and oxygen atoms in total. The highest BCUT2D eigenvalue weighted by atomic mass is 32.1. The third-order valence-corrected chi connectivity index (χ3v) is 4.33. The largest absolute Gasteiger partial charge is 0.294 e. The lowest BCUT2D eigenvalue weighted by Crippen LogP contribution is -2.05. The van der Waals surface area contributed by atoms with E-state index in [-0.39, 0.29) is 5.78 Å². The fourth-order valence-corrected chi connectivity index (χ4v) is 2.78. The Bertz CT molecular complexity index is 601. The van der Waals surface area contributed by atoms with Crippen LogP contribution in [-0.2, 0) is 12.8 Å². The normalized spacial score (nSPS) is 10.6. The van der Waals surface area contributed by atoms with Crippen LogP contribution in [-0.4, -0.2) is 11.5 Å². The molecule has 0 aliphatic carbocycles. The van der Waals surface area contributed by atoms with Crippen LogP contribution in [0.2, 0.25) is 0 Å². The van der Waals surface area contributed by atoms with E-state index in [0.29, 0.717) is 6.42 Å². The van der Waals surface area contributed by atoms with Crippen LogP contribution in [0.25, 0.3) is 0 Å². The molecule has 0 aliphatic heterocycles. The Balaban J connectivity index is 1.92. The summed E-state index contributed by atoms with van der Waals surface area (Å²) in [5, 5.41) is 0. The quantitative estimate of drug-likeness (QED) is 0.409. The molecule has 0 saturated carbocycles. The van der Waals surface area contributed by atoms with E-state index >= 15 is 0 Å². The van der Waals surface area contributed by atoms with Gasteiger partial charge in [0.05, 0.1) is 0 Å². The average molecular weight is 312 g/mol. The maximum Gasteiger partial charge on any atom is 0.167 e. The summed E-state index contributed by atoms with van der Waals surface area (Å²) < 4.78 is 0. The zero-order chi connectivity index (χ0) is 15.8. The summed E-state index contributed by atoms with van der Waals surface area (Å²) in [5.74, 6) is 1.16. The van der Waals surface area contributed by atoms with Gasteiger partial charge in [0.2, 0.25) is 0 Å². The van der Waals surface area contributed by atoms with Crippen molar-refractivity contribution < 1.29 is 4.79 Å². The standard InChI is InChI=1S/C20H24OS/c1-16-7-4-5-9-19(16)15-20(21)18-12-10-17(11-13-18)8-3-2-6-14-22/h4-5,7,9-13,22H,2-3,6,8,14-15H2,1H3. The first-order valence-electron chi connectivity index (χ1n) is 7.98. The smallest absolute Gasteiger partial charge is 0.167 e. The summed E-state index contributed by atoms with van der Waals surface area (Å²) in [5.41, 5.74) is 4.41. The van der Waals surface area contributed by atoms with Crippen LogP contribution >= 0.6 is 12.6 Å². The molecule has 0 unspecified atom stereocenters. The van der Waals surface area contributed by atoms with E-state index in [0.717, 1.165) is 23.3 Å². The number of hydrogen-bond acceptors (Lipinski definition) is 2. The first kappa shape index (κ1) is 16.8. The van der Waals surface area contributed by atoms with Crippen molar-refractivity contribution in [3.63, 3.8) is 0 Å². The van der Waals surface area contributed by atoms with Gasteiger partial charge in [-0.25, -0.2) is 0 Å². The van der Waals surface area contributed by atoms with Crippen molar-refractivity contribution in [1.29, 1.82) is 0 Å². The summed E-state index contributed by atoms with van der Waals surface area (Å²) in [4.78, 5) is 12.4. The van der Waals surface area contributed by atoms with Crippen molar-refractivity contribution in [2.24, 2.45) is 0 Å². The van der Waals surface area contributed by atoms with Gasteiger partial charge in [0, 0.05) is 12.0 Å². The molecular weight excluding hydrogens is 288 g/mol. The second kappa shape index (κ2) is 8.79. The van der Waals surface area contributed by atoms with Crippen LogP contribution in [0, 0.1) is 6.92 Å². The van der Waals surface area contributed by atoms with E-state index in [4.69, 9.17) is 0 Å². The van der Waals surface area contributed by atoms with Crippen molar-refractivity contribution in [1.82, 2.24) is 0 Å². The lowest BCUT2D eigenvalue weighted by atomic mass is 9.98. The fraction of sp³-hybridized carbons (Fsp3) is 0.350. The highest BCUT2D eigenvalue weighted by molar-refractivity contribution is 7.80. The molecule has 116 valence electrons. The van der Waals surface area contributed by atoms with Gasteiger partial charge >= 0.3 is 0 Å². The van der Waals surface area contributed by atoms with Crippen molar-refractivity contribution in [3.05, 3.63) is 70.8 Å². The van der Waals surface area contributed by atoms with E-state index in [1.807, 2.05) is 30.3 Å². The third kappa shape index (κ3) is 5.03. The lowest BCUT2D eigenvalue weighted by Gasteiger charge is -2.06.